The molecule has 6 nitrogen and oxygen atoms in total. The Morgan fingerprint density at radius 2 is 1.86 bits per heavy atom. The minimum absolute atomic E-state index is 0.0474. The number of hydrogen-bond donors (Lipinski definition) is 3. The van der Waals surface area contributed by atoms with Gasteiger partial charge in [0.05, 0.1) is 4.90 Å². The van der Waals surface area contributed by atoms with E-state index in [4.69, 9.17) is 5.14 Å². The molecule has 7 heteroatoms. The van der Waals surface area contributed by atoms with Crippen LogP contribution in [0, 0.1) is 5.92 Å². The van der Waals surface area contributed by atoms with Gasteiger partial charge in [-0.3, -0.25) is 0 Å². The van der Waals surface area contributed by atoms with Gasteiger partial charge in [0, 0.05) is 12.7 Å². The van der Waals surface area contributed by atoms with Crippen molar-refractivity contribution in [3.05, 3.63) is 41.6 Å². The van der Waals surface area contributed by atoms with E-state index < -0.39 is 10.0 Å². The van der Waals surface area contributed by atoms with Gasteiger partial charge in [-0.15, -0.1) is 0 Å². The van der Waals surface area contributed by atoms with E-state index in [9.17, 15) is 13.2 Å². The maximum atomic E-state index is 11.6. The Hall–Kier alpha value is -1.86. The number of hydrogen-bond acceptors (Lipinski definition) is 3. The van der Waals surface area contributed by atoms with Crippen LogP contribution < -0.4 is 15.8 Å². The summed E-state index contributed by atoms with van der Waals surface area (Å²) in [7, 11) is -3.68. The van der Waals surface area contributed by atoms with Crippen molar-refractivity contribution in [3.8, 4) is 0 Å². The standard InChI is InChI=1S/C14H21N3O3S/c1-10(2)11(3)8-16-14(18)17-9-12-4-6-13(7-5-12)21(15,19)20/h4-8,10H,9H2,1-3H3,(H2,15,19,20)(H2,16,17,18)/b11-8+. The summed E-state index contributed by atoms with van der Waals surface area (Å²) < 4.78 is 22.2. The van der Waals surface area contributed by atoms with Crippen molar-refractivity contribution < 1.29 is 13.2 Å². The van der Waals surface area contributed by atoms with Crippen LogP contribution in [-0.4, -0.2) is 14.4 Å². The van der Waals surface area contributed by atoms with E-state index in [2.05, 4.69) is 10.6 Å². The molecule has 4 N–H and O–H groups in total. The Labute approximate surface area is 125 Å². The van der Waals surface area contributed by atoms with Crippen LogP contribution in [0.1, 0.15) is 26.3 Å². The Morgan fingerprint density at radius 1 is 1.29 bits per heavy atom. The number of carbonyl (C=O) groups is 1. The summed E-state index contributed by atoms with van der Waals surface area (Å²) in [5, 5.41) is 10.3. The molecule has 1 aromatic carbocycles. The normalized spacial score (nSPS) is 12.3. The first-order chi connectivity index (χ1) is 9.70. The number of amides is 2. The molecular formula is C14H21N3O3S. The lowest BCUT2D eigenvalue weighted by molar-refractivity contribution is 0.243. The molecule has 0 spiro atoms. The van der Waals surface area contributed by atoms with E-state index in [0.717, 1.165) is 11.1 Å². The molecule has 0 saturated carbocycles. The van der Waals surface area contributed by atoms with E-state index >= 15 is 0 Å². The van der Waals surface area contributed by atoms with Crippen LogP contribution in [0.4, 0.5) is 4.79 Å². The maximum Gasteiger partial charge on any atom is 0.319 e. The average Bonchev–Trinajstić information content (AvgIpc) is 2.41. The first kappa shape index (κ1) is 17.2. The molecule has 0 fully saturated rings. The predicted molar refractivity (Wildman–Crippen MR) is 81.8 cm³/mol. The molecule has 0 aromatic heterocycles. The fourth-order valence-corrected chi connectivity index (χ4v) is 1.89. The Balaban J connectivity index is 2.52. The van der Waals surface area contributed by atoms with Crippen molar-refractivity contribution in [3.63, 3.8) is 0 Å². The van der Waals surface area contributed by atoms with Crippen molar-refractivity contribution in [2.75, 3.05) is 0 Å². The van der Waals surface area contributed by atoms with E-state index in [-0.39, 0.29) is 10.9 Å². The maximum absolute atomic E-state index is 11.6. The minimum Gasteiger partial charge on any atom is -0.334 e. The van der Waals surface area contributed by atoms with Crippen LogP contribution >= 0.6 is 0 Å². The van der Waals surface area contributed by atoms with Gasteiger partial charge in [0.15, 0.2) is 0 Å². The van der Waals surface area contributed by atoms with Gasteiger partial charge in [-0.25, -0.2) is 18.4 Å². The van der Waals surface area contributed by atoms with Crippen LogP contribution in [0.3, 0.4) is 0 Å². The molecule has 1 rings (SSSR count). The molecule has 0 atom stereocenters. The molecule has 21 heavy (non-hydrogen) atoms. The number of carbonyl (C=O) groups excluding carboxylic acids is 1. The molecule has 0 aliphatic rings. The summed E-state index contributed by atoms with van der Waals surface area (Å²) in [5.41, 5.74) is 1.85. The second kappa shape index (κ2) is 7.24. The third kappa shape index (κ3) is 5.97. The molecule has 0 saturated heterocycles. The second-order valence-electron chi connectivity index (χ2n) is 5.06. The summed E-state index contributed by atoms with van der Waals surface area (Å²) >= 11 is 0. The van der Waals surface area contributed by atoms with Crippen LogP contribution in [-0.2, 0) is 16.6 Å². The van der Waals surface area contributed by atoms with Gasteiger partial charge in [-0.05, 0) is 30.5 Å². The van der Waals surface area contributed by atoms with Gasteiger partial charge >= 0.3 is 6.03 Å². The number of benzene rings is 1. The van der Waals surface area contributed by atoms with Crippen molar-refractivity contribution >= 4 is 16.1 Å². The molecular weight excluding hydrogens is 290 g/mol. The minimum atomic E-state index is -3.68. The van der Waals surface area contributed by atoms with Gasteiger partial charge < -0.3 is 10.6 Å². The highest BCUT2D eigenvalue weighted by Crippen LogP contribution is 2.08. The third-order valence-electron chi connectivity index (χ3n) is 3.05. The number of rotatable bonds is 5. The van der Waals surface area contributed by atoms with E-state index in [1.54, 1.807) is 18.3 Å². The summed E-state index contributed by atoms with van der Waals surface area (Å²) in [4.78, 5) is 11.6. The zero-order valence-electron chi connectivity index (χ0n) is 12.4. The van der Waals surface area contributed by atoms with Crippen LogP contribution in [0.15, 0.2) is 40.9 Å². The average molecular weight is 311 g/mol. The number of primary sulfonamides is 1. The summed E-state index contributed by atoms with van der Waals surface area (Å²) in [6.45, 7) is 6.32. The van der Waals surface area contributed by atoms with Crippen LogP contribution in [0.25, 0.3) is 0 Å². The summed E-state index contributed by atoms with van der Waals surface area (Å²) in [6.07, 6.45) is 1.67. The molecule has 0 radical (unpaired) electrons. The molecule has 2 amide bonds. The highest BCUT2D eigenvalue weighted by atomic mass is 32.2. The number of urea groups is 1. The number of sulfonamides is 1. The zero-order chi connectivity index (χ0) is 16.0. The predicted octanol–water partition coefficient (Wildman–Crippen LogP) is 1.69. The molecule has 116 valence electrons. The lowest BCUT2D eigenvalue weighted by Gasteiger charge is -2.08. The topological polar surface area (TPSA) is 101 Å². The summed E-state index contributed by atoms with van der Waals surface area (Å²) in [6, 6.07) is 5.72. The fraction of sp³-hybridized carbons (Fsp3) is 0.357. The van der Waals surface area contributed by atoms with E-state index in [0.29, 0.717) is 12.5 Å². The Kier molecular flexibility index (Phi) is 5.92. The lowest BCUT2D eigenvalue weighted by atomic mass is 10.1. The Morgan fingerprint density at radius 3 is 2.33 bits per heavy atom. The first-order valence-electron chi connectivity index (χ1n) is 6.53. The highest BCUT2D eigenvalue weighted by Gasteiger charge is 2.07. The largest absolute Gasteiger partial charge is 0.334 e. The van der Waals surface area contributed by atoms with Crippen molar-refractivity contribution in [2.45, 2.75) is 32.2 Å². The fourth-order valence-electron chi connectivity index (χ4n) is 1.38. The lowest BCUT2D eigenvalue weighted by Crippen LogP contribution is -2.32. The van der Waals surface area contributed by atoms with E-state index in [1.165, 1.54) is 12.1 Å². The Bertz CT molecular complexity index is 619. The molecule has 0 bridgehead atoms. The highest BCUT2D eigenvalue weighted by molar-refractivity contribution is 7.89. The molecule has 0 unspecified atom stereocenters. The molecule has 0 aliphatic heterocycles. The smallest absolute Gasteiger partial charge is 0.319 e. The molecule has 0 aliphatic carbocycles. The van der Waals surface area contributed by atoms with Gasteiger partial charge in [0.25, 0.3) is 0 Å². The molecule has 1 aromatic rings. The quantitative estimate of drug-likeness (QED) is 0.771. The second-order valence-corrected chi connectivity index (χ2v) is 6.62. The number of nitrogens with two attached hydrogens (primary N) is 1. The number of allylic oxidation sites excluding steroid dienone is 1. The van der Waals surface area contributed by atoms with Gasteiger partial charge in [-0.2, -0.15) is 0 Å². The van der Waals surface area contributed by atoms with Crippen molar-refractivity contribution in [2.24, 2.45) is 11.1 Å². The summed E-state index contributed by atoms with van der Waals surface area (Å²) in [5.74, 6) is 0.371. The van der Waals surface area contributed by atoms with Crippen LogP contribution in [0.5, 0.6) is 0 Å². The first-order valence-corrected chi connectivity index (χ1v) is 8.07. The van der Waals surface area contributed by atoms with Crippen molar-refractivity contribution in [1.29, 1.82) is 0 Å². The van der Waals surface area contributed by atoms with Crippen LogP contribution in [0.2, 0.25) is 0 Å². The molecule has 0 heterocycles. The third-order valence-corrected chi connectivity index (χ3v) is 3.98. The SMILES string of the molecule is C/C(=C\NC(=O)NCc1ccc(S(N)(=O)=O)cc1)C(C)C. The van der Waals surface area contributed by atoms with Gasteiger partial charge in [-0.1, -0.05) is 31.6 Å². The monoisotopic (exact) mass is 311 g/mol. The van der Waals surface area contributed by atoms with E-state index in [1.807, 2.05) is 20.8 Å². The van der Waals surface area contributed by atoms with Gasteiger partial charge in [0.2, 0.25) is 10.0 Å². The number of nitrogens with one attached hydrogen (secondary N) is 2. The van der Waals surface area contributed by atoms with Crippen molar-refractivity contribution in [1.82, 2.24) is 10.6 Å². The zero-order valence-corrected chi connectivity index (χ0v) is 13.2. The van der Waals surface area contributed by atoms with Gasteiger partial charge in [0.1, 0.15) is 0 Å².